The zero-order chi connectivity index (χ0) is 11.2. The maximum absolute atomic E-state index is 11.2. The minimum atomic E-state index is -3.55. The Hall–Kier alpha value is -0.280. The van der Waals surface area contributed by atoms with E-state index in [4.69, 9.17) is 5.73 Å². The summed E-state index contributed by atoms with van der Waals surface area (Å²) in [5.41, 5.74) is 5.25. The van der Waals surface area contributed by atoms with Gasteiger partial charge < -0.3 is 10.5 Å². The van der Waals surface area contributed by atoms with Gasteiger partial charge in [-0.25, -0.2) is 0 Å². The van der Waals surface area contributed by atoms with E-state index in [0.29, 0.717) is 6.61 Å². The Balaban J connectivity index is 4.01. The van der Waals surface area contributed by atoms with Crippen LogP contribution in [0.25, 0.3) is 0 Å². The minimum absolute atomic E-state index is 0.0992. The fourth-order valence-corrected chi connectivity index (χ4v) is 1.77. The molecule has 0 aromatic heterocycles. The van der Waals surface area contributed by atoms with Gasteiger partial charge in [-0.15, -0.1) is 0 Å². The molecule has 0 heterocycles. The molecule has 0 aromatic carbocycles. The SMILES string of the molecule is COCCNS(=O)(=O)NC(C)C(N)=S. The van der Waals surface area contributed by atoms with Crippen LogP contribution in [0.3, 0.4) is 0 Å². The van der Waals surface area contributed by atoms with Gasteiger partial charge in [0.15, 0.2) is 0 Å². The average Bonchev–Trinajstić information content (AvgIpc) is 2.03. The first-order valence-corrected chi connectivity index (χ1v) is 5.83. The quantitative estimate of drug-likeness (QED) is 0.382. The second-order valence-corrected chi connectivity index (χ2v) is 4.64. The molecule has 0 aliphatic carbocycles. The largest absolute Gasteiger partial charge is 0.392 e. The number of rotatable bonds is 7. The molecule has 8 heteroatoms. The summed E-state index contributed by atoms with van der Waals surface area (Å²) in [4.78, 5) is 0.0992. The van der Waals surface area contributed by atoms with Crippen molar-refractivity contribution in [1.29, 1.82) is 0 Å². The molecule has 1 atom stereocenters. The highest BCUT2D eigenvalue weighted by atomic mass is 32.2. The van der Waals surface area contributed by atoms with E-state index in [1.165, 1.54) is 7.11 Å². The lowest BCUT2D eigenvalue weighted by molar-refractivity contribution is 0.204. The van der Waals surface area contributed by atoms with Crippen LogP contribution in [0.2, 0.25) is 0 Å². The number of ether oxygens (including phenoxy) is 1. The topological polar surface area (TPSA) is 93.4 Å². The molecule has 0 bridgehead atoms. The summed E-state index contributed by atoms with van der Waals surface area (Å²) in [6, 6.07) is -0.565. The van der Waals surface area contributed by atoms with Crippen molar-refractivity contribution in [2.45, 2.75) is 13.0 Å². The summed E-state index contributed by atoms with van der Waals surface area (Å²) in [6.45, 7) is 2.08. The van der Waals surface area contributed by atoms with E-state index in [1.807, 2.05) is 0 Å². The number of hydrogen-bond acceptors (Lipinski definition) is 4. The van der Waals surface area contributed by atoms with Crippen molar-refractivity contribution in [3.8, 4) is 0 Å². The monoisotopic (exact) mass is 241 g/mol. The molecule has 0 aromatic rings. The van der Waals surface area contributed by atoms with Crippen molar-refractivity contribution in [3.63, 3.8) is 0 Å². The van der Waals surface area contributed by atoms with Crippen LogP contribution in [0.15, 0.2) is 0 Å². The van der Waals surface area contributed by atoms with Crippen molar-refractivity contribution in [3.05, 3.63) is 0 Å². The van der Waals surface area contributed by atoms with E-state index in [9.17, 15) is 8.42 Å². The number of hydrogen-bond donors (Lipinski definition) is 3. The molecule has 0 amide bonds. The van der Waals surface area contributed by atoms with Crippen molar-refractivity contribution in [2.75, 3.05) is 20.3 Å². The van der Waals surface area contributed by atoms with Gasteiger partial charge in [-0.05, 0) is 6.92 Å². The van der Waals surface area contributed by atoms with Gasteiger partial charge in [0.1, 0.15) is 0 Å². The third-order valence-corrected chi connectivity index (χ3v) is 2.96. The Labute approximate surface area is 89.4 Å². The fourth-order valence-electron chi connectivity index (χ4n) is 0.611. The predicted octanol–water partition coefficient (Wildman–Crippen LogP) is -1.27. The third-order valence-electron chi connectivity index (χ3n) is 1.36. The first-order valence-electron chi connectivity index (χ1n) is 3.94. The molecule has 84 valence electrons. The van der Waals surface area contributed by atoms with Gasteiger partial charge in [-0.2, -0.15) is 17.9 Å². The van der Waals surface area contributed by atoms with Gasteiger partial charge in [0.25, 0.3) is 10.2 Å². The fraction of sp³-hybridized carbons (Fsp3) is 0.833. The third kappa shape index (κ3) is 6.22. The summed E-state index contributed by atoms with van der Waals surface area (Å²) in [5.74, 6) is 0. The summed E-state index contributed by atoms with van der Waals surface area (Å²) >= 11 is 4.62. The Morgan fingerprint density at radius 1 is 1.64 bits per heavy atom. The lowest BCUT2D eigenvalue weighted by Gasteiger charge is -2.12. The Bertz CT molecular complexity index is 278. The smallest absolute Gasteiger partial charge is 0.277 e. The summed E-state index contributed by atoms with van der Waals surface area (Å²) in [6.07, 6.45) is 0. The van der Waals surface area contributed by atoms with Crippen LogP contribution in [0, 0.1) is 0 Å². The van der Waals surface area contributed by atoms with E-state index in [1.54, 1.807) is 6.92 Å². The molecule has 0 rings (SSSR count). The highest BCUT2D eigenvalue weighted by Gasteiger charge is 2.14. The lowest BCUT2D eigenvalue weighted by Crippen LogP contribution is -2.47. The molecule has 0 saturated carbocycles. The molecule has 14 heavy (non-hydrogen) atoms. The number of nitrogens with two attached hydrogens (primary N) is 1. The zero-order valence-corrected chi connectivity index (χ0v) is 9.74. The van der Waals surface area contributed by atoms with Crippen LogP contribution in [0.4, 0.5) is 0 Å². The minimum Gasteiger partial charge on any atom is -0.392 e. The normalized spacial score (nSPS) is 13.9. The predicted molar refractivity (Wildman–Crippen MR) is 58.2 cm³/mol. The van der Waals surface area contributed by atoms with E-state index in [0.717, 1.165) is 0 Å². The first kappa shape index (κ1) is 13.7. The number of thiocarbonyl (C=S) groups is 1. The van der Waals surface area contributed by atoms with Crippen LogP contribution in [-0.4, -0.2) is 39.7 Å². The zero-order valence-electron chi connectivity index (χ0n) is 8.11. The molecule has 4 N–H and O–H groups in total. The molecular formula is C6H15N3O3S2. The highest BCUT2D eigenvalue weighted by Crippen LogP contribution is 1.86. The number of methoxy groups -OCH3 is 1. The molecular weight excluding hydrogens is 226 g/mol. The Kier molecular flexibility index (Phi) is 6.12. The molecule has 0 saturated heterocycles. The van der Waals surface area contributed by atoms with E-state index in [-0.39, 0.29) is 11.5 Å². The molecule has 0 radical (unpaired) electrons. The van der Waals surface area contributed by atoms with Gasteiger partial charge in [-0.3, -0.25) is 0 Å². The Morgan fingerprint density at radius 3 is 2.64 bits per heavy atom. The number of nitrogens with one attached hydrogen (secondary N) is 2. The van der Waals surface area contributed by atoms with Crippen molar-refractivity contribution >= 4 is 27.4 Å². The van der Waals surface area contributed by atoms with Gasteiger partial charge in [0.05, 0.1) is 17.6 Å². The molecule has 0 fully saturated rings. The van der Waals surface area contributed by atoms with Crippen molar-refractivity contribution in [1.82, 2.24) is 9.44 Å². The van der Waals surface area contributed by atoms with E-state index >= 15 is 0 Å². The summed E-state index contributed by atoms with van der Waals surface area (Å²) in [5, 5.41) is 0. The summed E-state index contributed by atoms with van der Waals surface area (Å²) < 4.78 is 31.7. The van der Waals surface area contributed by atoms with Gasteiger partial charge in [-0.1, -0.05) is 12.2 Å². The van der Waals surface area contributed by atoms with Crippen LogP contribution in [0.5, 0.6) is 0 Å². The van der Waals surface area contributed by atoms with E-state index < -0.39 is 16.3 Å². The summed E-state index contributed by atoms with van der Waals surface area (Å²) in [7, 11) is -2.06. The van der Waals surface area contributed by atoms with Gasteiger partial charge in [0, 0.05) is 13.7 Å². The van der Waals surface area contributed by atoms with Crippen molar-refractivity contribution in [2.24, 2.45) is 5.73 Å². The standard InChI is InChI=1S/C6H15N3O3S2/c1-5(6(7)13)9-14(10,11)8-3-4-12-2/h5,8-9H,3-4H2,1-2H3,(H2,7,13). The van der Waals surface area contributed by atoms with E-state index in [2.05, 4.69) is 26.4 Å². The maximum Gasteiger partial charge on any atom is 0.277 e. The molecule has 0 spiro atoms. The van der Waals surface area contributed by atoms with Crippen LogP contribution in [-0.2, 0) is 14.9 Å². The van der Waals surface area contributed by atoms with Crippen LogP contribution in [0.1, 0.15) is 6.92 Å². The van der Waals surface area contributed by atoms with Gasteiger partial charge in [0.2, 0.25) is 0 Å². The van der Waals surface area contributed by atoms with Crippen LogP contribution >= 0.6 is 12.2 Å². The average molecular weight is 241 g/mol. The highest BCUT2D eigenvalue weighted by molar-refractivity contribution is 7.87. The Morgan fingerprint density at radius 2 is 2.21 bits per heavy atom. The molecule has 0 aliphatic rings. The lowest BCUT2D eigenvalue weighted by atomic mass is 10.4. The first-order chi connectivity index (χ1) is 6.39. The molecule has 1 unspecified atom stereocenters. The second kappa shape index (κ2) is 6.25. The maximum atomic E-state index is 11.2. The van der Waals surface area contributed by atoms with Gasteiger partial charge >= 0.3 is 0 Å². The van der Waals surface area contributed by atoms with Crippen molar-refractivity contribution < 1.29 is 13.2 Å². The second-order valence-electron chi connectivity index (χ2n) is 2.63. The molecule has 0 aliphatic heterocycles. The molecule has 6 nitrogen and oxygen atoms in total. The van der Waals surface area contributed by atoms with Crippen LogP contribution < -0.4 is 15.2 Å².